The highest BCUT2D eigenvalue weighted by molar-refractivity contribution is 14.1. The number of nitrogens with two attached hydrogens (primary N) is 1. The Morgan fingerprint density at radius 3 is 2.84 bits per heavy atom. The van der Waals surface area contributed by atoms with Crippen LogP contribution in [0.15, 0.2) is 22.7 Å². The number of likely N-dealkylation sites (N-methyl/N-ethyl adjacent to an activating group) is 1. The largest absolute Gasteiger partial charge is 0.334 e. The summed E-state index contributed by atoms with van der Waals surface area (Å²) in [5, 5.41) is 4.58. The molecule has 0 saturated heterocycles. The Labute approximate surface area is 130 Å². The number of nitrogens with zero attached hydrogens (tertiary/aromatic N) is 3. The quantitative estimate of drug-likeness (QED) is 0.810. The Balaban J connectivity index is 2.22. The van der Waals surface area contributed by atoms with Gasteiger partial charge >= 0.3 is 0 Å². The van der Waals surface area contributed by atoms with E-state index in [-0.39, 0.29) is 6.04 Å². The summed E-state index contributed by atoms with van der Waals surface area (Å²) in [6.45, 7) is 0.659. The molecule has 0 aliphatic carbocycles. The molecule has 2 N–H and O–H groups in total. The van der Waals surface area contributed by atoms with Gasteiger partial charge in [-0.1, -0.05) is 16.8 Å². The SMILES string of the molecule is CN(C)CC(N)c1noc(-c2ccc(I)c(Cl)c2)n1. The Hall–Kier alpha value is -0.700. The van der Waals surface area contributed by atoms with Crippen LogP contribution in [0.5, 0.6) is 0 Å². The van der Waals surface area contributed by atoms with Crippen LogP contribution in [0.3, 0.4) is 0 Å². The van der Waals surface area contributed by atoms with E-state index >= 15 is 0 Å². The zero-order valence-electron chi connectivity index (χ0n) is 10.6. The molecule has 0 aliphatic heterocycles. The van der Waals surface area contributed by atoms with Crippen LogP contribution in [0.4, 0.5) is 0 Å². The van der Waals surface area contributed by atoms with Crippen molar-refractivity contribution in [3.8, 4) is 11.5 Å². The zero-order chi connectivity index (χ0) is 14.0. The third kappa shape index (κ3) is 3.65. The lowest BCUT2D eigenvalue weighted by Crippen LogP contribution is -2.26. The molecule has 0 spiro atoms. The molecule has 0 fully saturated rings. The average molecular weight is 393 g/mol. The van der Waals surface area contributed by atoms with E-state index < -0.39 is 0 Å². The van der Waals surface area contributed by atoms with Crippen LogP contribution >= 0.6 is 34.2 Å². The van der Waals surface area contributed by atoms with Gasteiger partial charge in [0.15, 0.2) is 5.82 Å². The van der Waals surface area contributed by atoms with Crippen LogP contribution in [-0.2, 0) is 0 Å². The predicted octanol–water partition coefficient (Wildman–Crippen LogP) is 2.56. The van der Waals surface area contributed by atoms with E-state index in [1.807, 2.05) is 31.1 Å². The fourth-order valence-electron chi connectivity index (χ4n) is 1.61. The Kier molecular flexibility index (Phi) is 4.77. The van der Waals surface area contributed by atoms with Gasteiger partial charge in [0.2, 0.25) is 0 Å². The summed E-state index contributed by atoms with van der Waals surface area (Å²) < 4.78 is 6.21. The summed E-state index contributed by atoms with van der Waals surface area (Å²) in [6.07, 6.45) is 0. The van der Waals surface area contributed by atoms with Gasteiger partial charge in [-0.3, -0.25) is 0 Å². The number of aromatic nitrogens is 2. The molecule has 2 rings (SSSR count). The molecule has 2 aromatic rings. The predicted molar refractivity (Wildman–Crippen MR) is 82.9 cm³/mol. The molecule has 5 nitrogen and oxygen atoms in total. The van der Waals surface area contributed by atoms with Crippen molar-refractivity contribution in [1.82, 2.24) is 15.0 Å². The highest BCUT2D eigenvalue weighted by atomic mass is 127. The van der Waals surface area contributed by atoms with Crippen molar-refractivity contribution < 1.29 is 4.52 Å². The molecule has 0 bridgehead atoms. The summed E-state index contributed by atoms with van der Waals surface area (Å²) in [5.74, 6) is 0.931. The van der Waals surface area contributed by atoms with E-state index in [1.165, 1.54) is 0 Å². The lowest BCUT2D eigenvalue weighted by Gasteiger charge is -2.12. The topological polar surface area (TPSA) is 68.2 Å². The minimum Gasteiger partial charge on any atom is -0.334 e. The lowest BCUT2D eigenvalue weighted by molar-refractivity contribution is 0.357. The molecule has 0 amide bonds. The molecule has 0 aliphatic rings. The summed E-state index contributed by atoms with van der Waals surface area (Å²) >= 11 is 8.24. The van der Waals surface area contributed by atoms with E-state index in [4.69, 9.17) is 21.9 Å². The fourth-order valence-corrected chi connectivity index (χ4v) is 2.12. The van der Waals surface area contributed by atoms with E-state index in [2.05, 4.69) is 32.7 Å². The molecule has 1 heterocycles. The first kappa shape index (κ1) is 14.7. The summed E-state index contributed by atoms with van der Waals surface area (Å²) in [6, 6.07) is 5.33. The van der Waals surface area contributed by atoms with E-state index in [0.717, 1.165) is 9.13 Å². The molecule has 1 aromatic carbocycles. The maximum atomic E-state index is 6.07. The Bertz CT molecular complexity index is 573. The van der Waals surface area contributed by atoms with Crippen molar-refractivity contribution in [1.29, 1.82) is 0 Å². The summed E-state index contributed by atoms with van der Waals surface area (Å²) in [5.41, 5.74) is 6.78. The van der Waals surface area contributed by atoms with Crippen molar-refractivity contribution in [2.45, 2.75) is 6.04 Å². The number of hydrogen-bond donors (Lipinski definition) is 1. The molecule has 0 saturated carbocycles. The van der Waals surface area contributed by atoms with E-state index in [9.17, 15) is 0 Å². The minimum absolute atomic E-state index is 0.271. The fraction of sp³-hybridized carbons (Fsp3) is 0.333. The van der Waals surface area contributed by atoms with Crippen molar-refractivity contribution in [3.05, 3.63) is 32.6 Å². The van der Waals surface area contributed by atoms with Crippen molar-refractivity contribution in [2.75, 3.05) is 20.6 Å². The van der Waals surface area contributed by atoms with Gasteiger partial charge < -0.3 is 15.2 Å². The molecule has 1 atom stereocenters. The second-order valence-corrected chi connectivity index (χ2v) is 6.02. The Morgan fingerprint density at radius 1 is 1.47 bits per heavy atom. The maximum absolute atomic E-state index is 6.07. The maximum Gasteiger partial charge on any atom is 0.258 e. The van der Waals surface area contributed by atoms with Crippen molar-refractivity contribution in [2.24, 2.45) is 5.73 Å². The Morgan fingerprint density at radius 2 is 2.21 bits per heavy atom. The molecule has 102 valence electrons. The smallest absolute Gasteiger partial charge is 0.258 e. The molecular weight excluding hydrogens is 379 g/mol. The van der Waals surface area contributed by atoms with Crippen LogP contribution < -0.4 is 5.73 Å². The number of rotatable bonds is 4. The molecule has 0 radical (unpaired) electrons. The first-order valence-corrected chi connectivity index (χ1v) is 7.12. The van der Waals surface area contributed by atoms with Crippen molar-refractivity contribution in [3.63, 3.8) is 0 Å². The molecule has 7 heteroatoms. The summed E-state index contributed by atoms with van der Waals surface area (Å²) in [4.78, 5) is 6.29. The third-order valence-electron chi connectivity index (χ3n) is 2.50. The molecule has 19 heavy (non-hydrogen) atoms. The number of hydrogen-bond acceptors (Lipinski definition) is 5. The van der Waals surface area contributed by atoms with Gasteiger partial charge in [-0.15, -0.1) is 0 Å². The highest BCUT2D eigenvalue weighted by Gasteiger charge is 2.16. The molecule has 1 aromatic heterocycles. The van der Waals surface area contributed by atoms with Gasteiger partial charge in [0.25, 0.3) is 5.89 Å². The first-order valence-electron chi connectivity index (χ1n) is 5.66. The van der Waals surface area contributed by atoms with Gasteiger partial charge in [0.1, 0.15) is 0 Å². The highest BCUT2D eigenvalue weighted by Crippen LogP contribution is 2.26. The van der Waals surface area contributed by atoms with Gasteiger partial charge in [0.05, 0.1) is 11.1 Å². The molecule has 1 unspecified atom stereocenters. The van der Waals surface area contributed by atoms with E-state index in [0.29, 0.717) is 23.3 Å². The van der Waals surface area contributed by atoms with E-state index in [1.54, 1.807) is 6.07 Å². The summed E-state index contributed by atoms with van der Waals surface area (Å²) in [7, 11) is 3.89. The van der Waals surface area contributed by atoms with Crippen LogP contribution in [0.1, 0.15) is 11.9 Å². The number of halogens is 2. The standard InChI is InChI=1S/C12H14ClIN4O/c1-18(2)6-10(15)11-16-12(19-17-11)7-3-4-9(14)8(13)5-7/h3-5,10H,6,15H2,1-2H3. The van der Waals surface area contributed by atoms with Crippen LogP contribution in [-0.4, -0.2) is 35.7 Å². The number of benzene rings is 1. The lowest BCUT2D eigenvalue weighted by atomic mass is 10.2. The first-order chi connectivity index (χ1) is 8.97. The van der Waals surface area contributed by atoms with Crippen molar-refractivity contribution >= 4 is 34.2 Å². The average Bonchev–Trinajstić information content (AvgIpc) is 2.81. The van der Waals surface area contributed by atoms with Crippen LogP contribution in [0, 0.1) is 3.57 Å². The van der Waals surface area contributed by atoms with Crippen LogP contribution in [0.2, 0.25) is 5.02 Å². The minimum atomic E-state index is -0.271. The van der Waals surface area contributed by atoms with Gasteiger partial charge in [-0.2, -0.15) is 4.98 Å². The monoisotopic (exact) mass is 392 g/mol. The zero-order valence-corrected chi connectivity index (χ0v) is 13.5. The third-order valence-corrected chi connectivity index (χ3v) is 4.07. The van der Waals surface area contributed by atoms with Gasteiger partial charge in [0, 0.05) is 15.7 Å². The van der Waals surface area contributed by atoms with Crippen LogP contribution in [0.25, 0.3) is 11.5 Å². The second kappa shape index (κ2) is 6.17. The molecular formula is C12H14ClIN4O. The normalized spacial score (nSPS) is 12.9. The van der Waals surface area contributed by atoms with Gasteiger partial charge in [-0.05, 0) is 54.9 Å². The second-order valence-electron chi connectivity index (χ2n) is 4.46. The van der Waals surface area contributed by atoms with Gasteiger partial charge in [-0.25, -0.2) is 0 Å².